The van der Waals surface area contributed by atoms with E-state index < -0.39 is 16.0 Å². The molecule has 0 saturated heterocycles. The summed E-state index contributed by atoms with van der Waals surface area (Å²) >= 11 is 0. The van der Waals surface area contributed by atoms with Crippen LogP contribution in [0.1, 0.15) is 42.2 Å². The van der Waals surface area contributed by atoms with E-state index in [0.717, 1.165) is 24.9 Å². The third-order valence-corrected chi connectivity index (χ3v) is 8.65. The van der Waals surface area contributed by atoms with Gasteiger partial charge in [0.2, 0.25) is 10.0 Å². The van der Waals surface area contributed by atoms with Gasteiger partial charge in [-0.05, 0) is 30.7 Å². The van der Waals surface area contributed by atoms with Crippen molar-refractivity contribution in [2.75, 3.05) is 18.5 Å². The topological polar surface area (TPSA) is 100 Å². The molecule has 9 heteroatoms. The fourth-order valence-electron chi connectivity index (χ4n) is 4.72. The Bertz CT molecular complexity index is 1390. The quantitative estimate of drug-likeness (QED) is 0.551. The van der Waals surface area contributed by atoms with E-state index >= 15 is 0 Å². The van der Waals surface area contributed by atoms with E-state index in [4.69, 9.17) is 4.74 Å². The number of aromatic nitrogens is 1. The second-order valence-corrected chi connectivity index (χ2v) is 10.8. The molecule has 1 N–H and O–H groups in total. The maximum atomic E-state index is 13.9. The van der Waals surface area contributed by atoms with Crippen molar-refractivity contribution in [3.8, 4) is 17.0 Å². The van der Waals surface area contributed by atoms with E-state index in [0.29, 0.717) is 34.8 Å². The first-order valence-corrected chi connectivity index (χ1v) is 13.1. The van der Waals surface area contributed by atoms with Crippen LogP contribution >= 0.6 is 0 Å². The predicted octanol–water partition coefficient (Wildman–Crippen LogP) is 4.67. The summed E-state index contributed by atoms with van der Waals surface area (Å²) in [5.74, 6) is -0.658. The van der Waals surface area contributed by atoms with Gasteiger partial charge in [-0.3, -0.25) is 0 Å². The van der Waals surface area contributed by atoms with Gasteiger partial charge in [0.25, 0.3) is 0 Å². The highest BCUT2D eigenvalue weighted by atomic mass is 32.2. The number of likely N-dealkylation sites (N-methyl/N-ethyl adjacent to an activating group) is 1. The summed E-state index contributed by atoms with van der Waals surface area (Å²) in [7, 11) is -2.21. The molecule has 3 heterocycles. The highest BCUT2D eigenvalue weighted by Gasteiger charge is 2.38. The van der Waals surface area contributed by atoms with Crippen molar-refractivity contribution in [2.45, 2.75) is 43.7 Å². The number of carbonyl (C=O) groups is 1. The summed E-state index contributed by atoms with van der Waals surface area (Å²) in [4.78, 5) is 18.1. The molecule has 0 unspecified atom stereocenters. The van der Waals surface area contributed by atoms with Crippen LogP contribution in [0.3, 0.4) is 0 Å². The predicted molar refractivity (Wildman–Crippen MR) is 133 cm³/mol. The molecular formula is C26H27N3O5S. The number of sulfonamides is 1. The van der Waals surface area contributed by atoms with Crippen LogP contribution in [-0.4, -0.2) is 48.4 Å². The molecule has 8 nitrogen and oxygen atoms in total. The maximum absolute atomic E-state index is 13.9. The number of carboxylic acid groups (broad SMARTS) is 1. The third-order valence-electron chi connectivity index (χ3n) is 6.71. The second kappa shape index (κ2) is 8.98. The van der Waals surface area contributed by atoms with Gasteiger partial charge >= 0.3 is 5.97 Å². The van der Waals surface area contributed by atoms with Crippen molar-refractivity contribution in [2.24, 2.45) is 0 Å². The minimum absolute atomic E-state index is 0.0999. The second-order valence-electron chi connectivity index (χ2n) is 8.88. The molecular weight excluding hydrogens is 466 g/mol. The van der Waals surface area contributed by atoms with Crippen LogP contribution in [-0.2, 0) is 16.6 Å². The minimum Gasteiger partial charge on any atom is -0.488 e. The standard InChI is InChI=1S/C26H27N3O5S/c1-3-4-8-19-15-29(18-9-6-5-7-10-18)22-14-23-20(13-24(22)35(32,33)28(19)2)25-17(16-34-23)11-12-21(27-25)26(30)31/h5-7,9-14,19H,3-4,8,15-16H2,1-2H3,(H,30,31)/t19-/m1/s1. The SMILES string of the molecule is CCCC[C@@H]1CN(c2ccccc2)c2cc3c(cc2S(=O)(=O)N1C)-c1nc(C(=O)O)ccc1CO3. The van der Waals surface area contributed by atoms with Crippen molar-refractivity contribution in [3.63, 3.8) is 0 Å². The van der Waals surface area contributed by atoms with E-state index in [-0.39, 0.29) is 23.2 Å². The number of hydrogen-bond donors (Lipinski definition) is 1. The maximum Gasteiger partial charge on any atom is 0.354 e. The van der Waals surface area contributed by atoms with Gasteiger partial charge in [-0.25, -0.2) is 18.2 Å². The van der Waals surface area contributed by atoms with Crippen LogP contribution in [0.5, 0.6) is 5.75 Å². The number of carboxylic acids is 1. The molecule has 2 aliphatic heterocycles. The van der Waals surface area contributed by atoms with Gasteiger partial charge in [0.15, 0.2) is 0 Å². The van der Waals surface area contributed by atoms with Gasteiger partial charge < -0.3 is 14.7 Å². The van der Waals surface area contributed by atoms with E-state index in [1.165, 1.54) is 10.4 Å². The van der Waals surface area contributed by atoms with Crippen LogP contribution in [0, 0.1) is 0 Å². The van der Waals surface area contributed by atoms with Gasteiger partial charge in [0.1, 0.15) is 22.9 Å². The molecule has 0 bridgehead atoms. The fourth-order valence-corrected chi connectivity index (χ4v) is 6.30. The highest BCUT2D eigenvalue weighted by Crippen LogP contribution is 2.46. The van der Waals surface area contributed by atoms with Gasteiger partial charge in [-0.15, -0.1) is 0 Å². The monoisotopic (exact) mass is 493 g/mol. The molecule has 182 valence electrons. The van der Waals surface area contributed by atoms with Gasteiger partial charge in [-0.1, -0.05) is 44.0 Å². The summed E-state index contributed by atoms with van der Waals surface area (Å²) in [5.41, 5.74) is 2.95. The van der Waals surface area contributed by atoms with Crippen molar-refractivity contribution in [3.05, 3.63) is 65.9 Å². The first kappa shape index (κ1) is 23.3. The minimum atomic E-state index is -3.85. The molecule has 0 spiro atoms. The lowest BCUT2D eigenvalue weighted by Crippen LogP contribution is -2.40. The van der Waals surface area contributed by atoms with Crippen molar-refractivity contribution < 1.29 is 23.1 Å². The van der Waals surface area contributed by atoms with Gasteiger partial charge in [0, 0.05) is 42.5 Å². The molecule has 2 aromatic carbocycles. The molecule has 0 amide bonds. The van der Waals surface area contributed by atoms with Crippen LogP contribution < -0.4 is 9.64 Å². The van der Waals surface area contributed by atoms with E-state index in [1.54, 1.807) is 25.2 Å². The number of aromatic carboxylic acids is 1. The number of pyridine rings is 1. The molecule has 5 rings (SSSR count). The number of nitrogens with zero attached hydrogens (tertiary/aromatic N) is 3. The van der Waals surface area contributed by atoms with Crippen molar-refractivity contribution >= 4 is 27.4 Å². The molecule has 3 aromatic rings. The molecule has 0 radical (unpaired) electrons. The number of anilines is 2. The number of ether oxygens (including phenoxy) is 1. The Kier molecular flexibility index (Phi) is 5.98. The Balaban J connectivity index is 1.74. The van der Waals surface area contributed by atoms with Crippen LogP contribution in [0.4, 0.5) is 11.4 Å². The van der Waals surface area contributed by atoms with Crippen molar-refractivity contribution in [1.29, 1.82) is 0 Å². The average Bonchev–Trinajstić information content (AvgIpc) is 2.94. The Morgan fingerprint density at radius 3 is 2.66 bits per heavy atom. The zero-order valence-electron chi connectivity index (χ0n) is 19.6. The molecule has 1 atom stereocenters. The Morgan fingerprint density at radius 1 is 1.17 bits per heavy atom. The summed E-state index contributed by atoms with van der Waals surface area (Å²) in [6.45, 7) is 2.82. The van der Waals surface area contributed by atoms with Crippen LogP contribution in [0.2, 0.25) is 0 Å². The summed E-state index contributed by atoms with van der Waals surface area (Å²) in [6, 6.07) is 16.0. The highest BCUT2D eigenvalue weighted by molar-refractivity contribution is 7.89. The average molecular weight is 494 g/mol. The Hall–Kier alpha value is -3.43. The molecule has 2 aliphatic rings. The number of rotatable bonds is 5. The molecule has 0 saturated carbocycles. The molecule has 1 aromatic heterocycles. The normalized spacial score (nSPS) is 18.6. The van der Waals surface area contributed by atoms with Crippen LogP contribution in [0.15, 0.2) is 59.5 Å². The first-order valence-electron chi connectivity index (χ1n) is 11.7. The number of benzene rings is 2. The lowest BCUT2D eigenvalue weighted by Gasteiger charge is -2.30. The van der Waals surface area contributed by atoms with E-state index in [2.05, 4.69) is 11.9 Å². The lowest BCUT2D eigenvalue weighted by atomic mass is 10.0. The largest absolute Gasteiger partial charge is 0.488 e. The first-order chi connectivity index (χ1) is 16.8. The zero-order valence-corrected chi connectivity index (χ0v) is 20.5. The molecule has 0 aliphatic carbocycles. The summed E-state index contributed by atoms with van der Waals surface area (Å²) < 4.78 is 35.3. The van der Waals surface area contributed by atoms with Crippen molar-refractivity contribution in [1.82, 2.24) is 9.29 Å². The fraction of sp³-hybridized carbons (Fsp3) is 0.308. The Labute approximate surface area is 204 Å². The third kappa shape index (κ3) is 4.04. The summed E-state index contributed by atoms with van der Waals surface area (Å²) in [5, 5.41) is 9.44. The molecule has 35 heavy (non-hydrogen) atoms. The van der Waals surface area contributed by atoms with Crippen LogP contribution in [0.25, 0.3) is 11.3 Å². The number of fused-ring (bicyclic) bond motifs is 4. The number of hydrogen-bond acceptors (Lipinski definition) is 6. The Morgan fingerprint density at radius 2 is 1.94 bits per heavy atom. The molecule has 0 fully saturated rings. The van der Waals surface area contributed by atoms with E-state index in [1.807, 2.05) is 35.2 Å². The van der Waals surface area contributed by atoms with E-state index in [9.17, 15) is 18.3 Å². The number of unbranched alkanes of at least 4 members (excludes halogenated alkanes) is 1. The van der Waals surface area contributed by atoms with Gasteiger partial charge in [-0.2, -0.15) is 4.31 Å². The smallest absolute Gasteiger partial charge is 0.354 e. The zero-order chi connectivity index (χ0) is 24.7. The summed E-state index contributed by atoms with van der Waals surface area (Å²) in [6.07, 6.45) is 2.63. The lowest BCUT2D eigenvalue weighted by molar-refractivity contribution is 0.0690. The number of para-hydroxylation sites is 1. The van der Waals surface area contributed by atoms with Gasteiger partial charge in [0.05, 0.1) is 11.4 Å².